The number of halogens is 3. The molecule has 0 aromatic heterocycles. The first-order chi connectivity index (χ1) is 16.7. The molecule has 11 heteroatoms. The molecule has 0 saturated carbocycles. The van der Waals surface area contributed by atoms with Gasteiger partial charge in [0.15, 0.2) is 0 Å². The Balaban J connectivity index is 1.91. The second kappa shape index (κ2) is 12.0. The number of hydrogen-bond donors (Lipinski definition) is 2. The highest BCUT2D eigenvalue weighted by Gasteiger charge is 2.41. The molecule has 180 valence electrons. The van der Waals surface area contributed by atoms with Crippen molar-refractivity contribution in [1.29, 1.82) is 0 Å². The number of para-hydroxylation sites is 1. The lowest BCUT2D eigenvalue weighted by Crippen LogP contribution is -2.48. The zero-order valence-corrected chi connectivity index (χ0v) is 21.3. The number of carbonyl (C=O) groups excluding carboxylic acids is 3. The predicted octanol–water partition coefficient (Wildman–Crippen LogP) is 5.07. The van der Waals surface area contributed by atoms with E-state index in [2.05, 4.69) is 5.32 Å². The van der Waals surface area contributed by atoms with Crippen LogP contribution in [0.2, 0.25) is 10.0 Å². The lowest BCUT2D eigenvalue weighted by Gasteiger charge is -2.24. The van der Waals surface area contributed by atoms with Crippen molar-refractivity contribution < 1.29 is 33.8 Å². The molecule has 0 aliphatic heterocycles. The quantitative estimate of drug-likeness (QED) is 0.264. The second-order valence-electron chi connectivity index (χ2n) is 6.97. The van der Waals surface area contributed by atoms with Crippen LogP contribution in [0.25, 0.3) is 0 Å². The third kappa shape index (κ3) is 7.17. The van der Waals surface area contributed by atoms with Crippen LogP contribution in [0.15, 0.2) is 72.8 Å². The number of anilines is 1. The van der Waals surface area contributed by atoms with Gasteiger partial charge in [0.2, 0.25) is 12.2 Å². The molecule has 0 saturated heterocycles. The Labute approximate surface area is 223 Å². The maximum atomic E-state index is 13.1. The summed E-state index contributed by atoms with van der Waals surface area (Å²) in [6, 6.07) is 17.7. The third-order valence-electron chi connectivity index (χ3n) is 4.54. The average Bonchev–Trinajstić information content (AvgIpc) is 2.83. The van der Waals surface area contributed by atoms with E-state index < -0.39 is 36.0 Å². The lowest BCUT2D eigenvalue weighted by molar-refractivity contribution is -0.157. The minimum atomic E-state index is -2.16. The number of aliphatic carboxylic acids is 1. The molecule has 0 spiro atoms. The summed E-state index contributed by atoms with van der Waals surface area (Å²) in [6.45, 7) is 0. The van der Waals surface area contributed by atoms with E-state index in [1.165, 1.54) is 48.5 Å². The normalized spacial score (nSPS) is 12.2. The van der Waals surface area contributed by atoms with Crippen molar-refractivity contribution in [2.24, 2.45) is 0 Å². The summed E-state index contributed by atoms with van der Waals surface area (Å²) in [5.41, 5.74) is 0.343. The molecule has 8 nitrogen and oxygen atoms in total. The van der Waals surface area contributed by atoms with Crippen molar-refractivity contribution in [2.75, 3.05) is 5.32 Å². The van der Waals surface area contributed by atoms with Gasteiger partial charge in [-0.25, -0.2) is 14.4 Å². The highest BCUT2D eigenvalue weighted by molar-refractivity contribution is 14.1. The fraction of sp³-hybridized carbons (Fsp3) is 0.0833. The number of hydrogen-bond acceptors (Lipinski definition) is 6. The first kappa shape index (κ1) is 26.5. The van der Waals surface area contributed by atoms with E-state index in [1.54, 1.807) is 24.3 Å². The Hall–Kier alpha value is -3.15. The minimum Gasteiger partial charge on any atom is -0.478 e. The van der Waals surface area contributed by atoms with Crippen LogP contribution < -0.4 is 5.32 Å². The number of ether oxygens (including phenoxy) is 2. The highest BCUT2D eigenvalue weighted by atomic mass is 127. The van der Waals surface area contributed by atoms with Crippen molar-refractivity contribution in [3.05, 3.63) is 97.5 Å². The standard InChI is InChI=1S/C24H16Cl2INO7/c25-15-9-5-13(6-10-15)23(32)34-19(21(29)28-18-4-2-1-3-17(18)27)20(22(30)31)35-24(33)14-7-11-16(26)12-8-14/h1-12,19-20H,(H,28,29)(H,30,31)/t19-,20+/m0/s1. The molecule has 2 atom stereocenters. The molecule has 0 aliphatic rings. The van der Waals surface area contributed by atoms with E-state index >= 15 is 0 Å². The van der Waals surface area contributed by atoms with Gasteiger partial charge in [-0.3, -0.25) is 4.79 Å². The van der Waals surface area contributed by atoms with E-state index in [0.29, 0.717) is 19.3 Å². The maximum absolute atomic E-state index is 13.1. The zero-order chi connectivity index (χ0) is 25.5. The van der Waals surface area contributed by atoms with Gasteiger partial charge in [0.05, 0.1) is 16.8 Å². The largest absolute Gasteiger partial charge is 0.478 e. The molecular formula is C24H16Cl2INO7. The van der Waals surface area contributed by atoms with Crippen molar-refractivity contribution >= 4 is 75.3 Å². The van der Waals surface area contributed by atoms with Crippen LogP contribution in [0, 0.1) is 3.57 Å². The predicted molar refractivity (Wildman–Crippen MR) is 137 cm³/mol. The van der Waals surface area contributed by atoms with Crippen LogP contribution in [-0.2, 0) is 19.1 Å². The average molecular weight is 628 g/mol. The molecule has 0 radical (unpaired) electrons. The van der Waals surface area contributed by atoms with E-state index in [1.807, 2.05) is 22.6 Å². The summed E-state index contributed by atoms with van der Waals surface area (Å²) in [4.78, 5) is 50.5. The van der Waals surface area contributed by atoms with Crippen LogP contribution in [0.1, 0.15) is 20.7 Å². The molecule has 0 aliphatic carbocycles. The molecule has 0 bridgehead atoms. The fourth-order valence-electron chi connectivity index (χ4n) is 2.80. The number of carbonyl (C=O) groups is 4. The Morgan fingerprint density at radius 1 is 0.743 bits per heavy atom. The summed E-state index contributed by atoms with van der Waals surface area (Å²) in [7, 11) is 0. The third-order valence-corrected chi connectivity index (χ3v) is 5.98. The molecule has 0 heterocycles. The SMILES string of the molecule is O=C(O[C@H](C(=O)Nc1ccccc1I)[C@@H](OC(=O)c1ccc(Cl)cc1)C(=O)O)c1ccc(Cl)cc1. The molecule has 0 unspecified atom stereocenters. The van der Waals surface area contributed by atoms with Crippen molar-refractivity contribution in [3.8, 4) is 0 Å². The zero-order valence-electron chi connectivity index (χ0n) is 17.6. The Kier molecular flexibility index (Phi) is 9.07. The van der Waals surface area contributed by atoms with Crippen LogP contribution in [0.5, 0.6) is 0 Å². The van der Waals surface area contributed by atoms with Gasteiger partial charge < -0.3 is 19.9 Å². The number of carboxylic acids is 1. The first-order valence-electron chi connectivity index (χ1n) is 9.87. The van der Waals surface area contributed by atoms with Gasteiger partial charge >= 0.3 is 17.9 Å². The number of rotatable bonds is 8. The number of nitrogens with one attached hydrogen (secondary N) is 1. The van der Waals surface area contributed by atoms with Crippen LogP contribution in [-0.4, -0.2) is 41.1 Å². The molecule has 35 heavy (non-hydrogen) atoms. The number of esters is 2. The Morgan fingerprint density at radius 3 is 1.66 bits per heavy atom. The lowest BCUT2D eigenvalue weighted by atomic mass is 10.1. The molecule has 3 aromatic carbocycles. The van der Waals surface area contributed by atoms with Crippen LogP contribution in [0.4, 0.5) is 5.69 Å². The van der Waals surface area contributed by atoms with Crippen molar-refractivity contribution in [1.82, 2.24) is 0 Å². The minimum absolute atomic E-state index is 0.00894. The van der Waals surface area contributed by atoms with Crippen molar-refractivity contribution in [3.63, 3.8) is 0 Å². The molecule has 3 rings (SSSR count). The molecular weight excluding hydrogens is 612 g/mol. The molecule has 3 aromatic rings. The number of amides is 1. The van der Waals surface area contributed by atoms with Gasteiger partial charge in [-0.05, 0) is 83.3 Å². The summed E-state index contributed by atoms with van der Waals surface area (Å²) in [5, 5.41) is 13.0. The van der Waals surface area contributed by atoms with Gasteiger partial charge in [-0.1, -0.05) is 35.3 Å². The van der Waals surface area contributed by atoms with Gasteiger partial charge in [0.25, 0.3) is 5.91 Å². The van der Waals surface area contributed by atoms with Crippen LogP contribution in [0.3, 0.4) is 0 Å². The second-order valence-corrected chi connectivity index (χ2v) is 9.01. The summed E-state index contributed by atoms with van der Waals surface area (Å²) < 4.78 is 11.0. The number of carboxylic acid groups (broad SMARTS) is 1. The van der Waals surface area contributed by atoms with Gasteiger partial charge in [-0.2, -0.15) is 0 Å². The highest BCUT2D eigenvalue weighted by Crippen LogP contribution is 2.20. The van der Waals surface area contributed by atoms with Crippen molar-refractivity contribution in [2.45, 2.75) is 12.2 Å². The maximum Gasteiger partial charge on any atom is 0.349 e. The Morgan fingerprint density at radius 2 is 1.20 bits per heavy atom. The smallest absolute Gasteiger partial charge is 0.349 e. The Bertz CT molecular complexity index is 1250. The van der Waals surface area contributed by atoms with Crippen LogP contribution >= 0.6 is 45.8 Å². The fourth-order valence-corrected chi connectivity index (χ4v) is 3.57. The summed E-state index contributed by atoms with van der Waals surface area (Å²) in [5.74, 6) is -4.77. The van der Waals surface area contributed by atoms with E-state index in [-0.39, 0.29) is 11.1 Å². The molecule has 0 fully saturated rings. The molecule has 1 amide bonds. The van der Waals surface area contributed by atoms with E-state index in [0.717, 1.165) is 0 Å². The van der Waals surface area contributed by atoms with E-state index in [4.69, 9.17) is 32.7 Å². The van der Waals surface area contributed by atoms with Gasteiger partial charge in [-0.15, -0.1) is 0 Å². The van der Waals surface area contributed by atoms with Gasteiger partial charge in [0, 0.05) is 13.6 Å². The summed E-state index contributed by atoms with van der Waals surface area (Å²) >= 11 is 13.6. The molecule has 2 N–H and O–H groups in total. The summed E-state index contributed by atoms with van der Waals surface area (Å²) in [6.07, 6.45) is -4.18. The monoisotopic (exact) mass is 627 g/mol. The first-order valence-corrected chi connectivity index (χ1v) is 11.7. The number of benzene rings is 3. The topological polar surface area (TPSA) is 119 Å². The van der Waals surface area contributed by atoms with Gasteiger partial charge in [0.1, 0.15) is 0 Å². The van der Waals surface area contributed by atoms with E-state index in [9.17, 15) is 24.3 Å².